The molecule has 2 aromatic rings. The number of carbonyl (C=O) groups is 1. The van der Waals surface area contributed by atoms with E-state index in [0.29, 0.717) is 30.3 Å². The number of thiophene rings is 1. The van der Waals surface area contributed by atoms with Crippen molar-refractivity contribution in [3.8, 4) is 0 Å². The molecule has 1 atom stereocenters. The summed E-state index contributed by atoms with van der Waals surface area (Å²) >= 11 is 1.32. The minimum atomic E-state index is -0.321. The molecule has 7 heteroatoms. The van der Waals surface area contributed by atoms with Crippen LogP contribution in [0.1, 0.15) is 15.2 Å². The van der Waals surface area contributed by atoms with Crippen molar-refractivity contribution >= 4 is 33.1 Å². The Morgan fingerprint density at radius 2 is 2.48 bits per heavy atom. The van der Waals surface area contributed by atoms with Gasteiger partial charge in [0.15, 0.2) is 0 Å². The maximum Gasteiger partial charge on any atom is 0.266 e. The van der Waals surface area contributed by atoms with Crippen LogP contribution in [-0.2, 0) is 4.74 Å². The van der Waals surface area contributed by atoms with E-state index in [1.807, 2.05) is 13.0 Å². The summed E-state index contributed by atoms with van der Waals surface area (Å²) < 4.78 is 5.37. The number of anilines is 1. The first kappa shape index (κ1) is 14.2. The normalized spacial score (nSPS) is 19.1. The molecule has 1 aliphatic heterocycles. The number of fused-ring (bicyclic) bond motifs is 1. The number of rotatable bonds is 2. The first-order valence-corrected chi connectivity index (χ1v) is 7.58. The Hall–Kier alpha value is -1.70. The molecule has 1 fully saturated rings. The Morgan fingerprint density at radius 3 is 3.19 bits per heavy atom. The molecule has 3 N–H and O–H groups in total. The molecule has 3 heterocycles. The minimum absolute atomic E-state index is 0.0909. The van der Waals surface area contributed by atoms with Crippen molar-refractivity contribution in [3.63, 3.8) is 0 Å². The summed E-state index contributed by atoms with van der Waals surface area (Å²) in [6.45, 7) is 3.19. The maximum atomic E-state index is 12.7. The molecule has 1 saturated heterocycles. The average Bonchev–Trinajstić information content (AvgIpc) is 2.85. The predicted octanol–water partition coefficient (Wildman–Crippen LogP) is 1.02. The monoisotopic (exact) mass is 307 g/mol. The van der Waals surface area contributed by atoms with Crippen LogP contribution in [0.5, 0.6) is 0 Å². The van der Waals surface area contributed by atoms with Gasteiger partial charge in [0.1, 0.15) is 9.71 Å². The predicted molar refractivity (Wildman–Crippen MR) is 81.5 cm³/mol. The third-order valence-corrected chi connectivity index (χ3v) is 4.76. The van der Waals surface area contributed by atoms with Crippen molar-refractivity contribution in [2.45, 2.75) is 13.0 Å². The van der Waals surface area contributed by atoms with Gasteiger partial charge in [0.25, 0.3) is 5.91 Å². The number of hydrogen-bond donors (Lipinski definition) is 2. The first-order valence-electron chi connectivity index (χ1n) is 6.77. The van der Waals surface area contributed by atoms with E-state index < -0.39 is 0 Å². The van der Waals surface area contributed by atoms with Crippen molar-refractivity contribution in [1.29, 1.82) is 0 Å². The molecule has 0 aliphatic carbocycles. The van der Waals surface area contributed by atoms with Gasteiger partial charge in [-0.1, -0.05) is 0 Å². The Bertz CT molecular complexity index is 685. The molecule has 1 aliphatic rings. The van der Waals surface area contributed by atoms with Crippen molar-refractivity contribution < 1.29 is 14.6 Å². The van der Waals surface area contributed by atoms with Crippen LogP contribution >= 0.6 is 11.3 Å². The van der Waals surface area contributed by atoms with Crippen LogP contribution in [0.4, 0.5) is 5.69 Å². The third-order valence-electron chi connectivity index (χ3n) is 3.66. The van der Waals surface area contributed by atoms with E-state index in [9.17, 15) is 9.90 Å². The smallest absolute Gasteiger partial charge is 0.266 e. The minimum Gasteiger partial charge on any atom is -0.397 e. The number of aliphatic hydroxyl groups excluding tert-OH is 1. The van der Waals surface area contributed by atoms with Gasteiger partial charge in [-0.25, -0.2) is 4.98 Å². The number of ether oxygens (including phenoxy) is 1. The lowest BCUT2D eigenvalue weighted by molar-refractivity contribution is -0.0445. The lowest BCUT2D eigenvalue weighted by Crippen LogP contribution is -2.46. The van der Waals surface area contributed by atoms with Gasteiger partial charge in [-0.05, 0) is 18.6 Å². The van der Waals surface area contributed by atoms with E-state index in [-0.39, 0.29) is 18.6 Å². The third kappa shape index (κ3) is 2.48. The van der Waals surface area contributed by atoms with E-state index in [1.165, 1.54) is 11.3 Å². The first-order chi connectivity index (χ1) is 10.1. The molecule has 2 aromatic heterocycles. The summed E-state index contributed by atoms with van der Waals surface area (Å²) in [5.74, 6) is -0.114. The number of pyridine rings is 1. The van der Waals surface area contributed by atoms with Crippen LogP contribution in [0.15, 0.2) is 12.3 Å². The molecule has 0 saturated carbocycles. The quantitative estimate of drug-likeness (QED) is 0.865. The fourth-order valence-electron chi connectivity index (χ4n) is 2.52. The topological polar surface area (TPSA) is 88.7 Å². The van der Waals surface area contributed by atoms with Gasteiger partial charge in [0.2, 0.25) is 0 Å². The molecule has 0 spiro atoms. The number of aliphatic hydroxyl groups is 1. The second-order valence-corrected chi connectivity index (χ2v) is 6.08. The molecule has 21 heavy (non-hydrogen) atoms. The average molecular weight is 307 g/mol. The van der Waals surface area contributed by atoms with E-state index in [4.69, 9.17) is 10.5 Å². The molecule has 1 unspecified atom stereocenters. The summed E-state index contributed by atoms with van der Waals surface area (Å²) in [6.07, 6.45) is 1.40. The summed E-state index contributed by atoms with van der Waals surface area (Å²) in [6, 6.07) is 1.89. The molecule has 0 aromatic carbocycles. The molecule has 0 bridgehead atoms. The Morgan fingerprint density at radius 1 is 1.67 bits per heavy atom. The maximum absolute atomic E-state index is 12.7. The zero-order valence-corrected chi connectivity index (χ0v) is 12.5. The molecule has 112 valence electrons. The Labute approximate surface area is 126 Å². The fourth-order valence-corrected chi connectivity index (χ4v) is 3.63. The van der Waals surface area contributed by atoms with Crippen molar-refractivity contribution in [2.24, 2.45) is 0 Å². The zero-order valence-electron chi connectivity index (χ0n) is 11.7. The largest absolute Gasteiger partial charge is 0.397 e. The highest BCUT2D eigenvalue weighted by molar-refractivity contribution is 7.21. The van der Waals surface area contributed by atoms with Crippen LogP contribution < -0.4 is 5.73 Å². The van der Waals surface area contributed by atoms with Crippen molar-refractivity contribution in [2.75, 3.05) is 32.0 Å². The number of aryl methyl sites for hydroxylation is 1. The van der Waals surface area contributed by atoms with Crippen molar-refractivity contribution in [1.82, 2.24) is 9.88 Å². The fraction of sp³-hybridized carbons (Fsp3) is 0.429. The van der Waals surface area contributed by atoms with Gasteiger partial charge in [-0.15, -0.1) is 11.3 Å². The molecule has 1 amide bonds. The number of aromatic nitrogens is 1. The molecule has 3 rings (SSSR count). The van der Waals surface area contributed by atoms with Gasteiger partial charge in [-0.2, -0.15) is 0 Å². The van der Waals surface area contributed by atoms with Gasteiger partial charge in [-0.3, -0.25) is 4.79 Å². The van der Waals surface area contributed by atoms with Crippen LogP contribution in [0, 0.1) is 6.92 Å². The standard InChI is InChI=1S/C14H17N3O3S/c1-8-2-3-16-13-10(8)11(15)12(21-13)14(19)17-4-5-20-9(6-17)7-18/h2-3,9,18H,4-7,15H2,1H3. The van der Waals surface area contributed by atoms with Gasteiger partial charge >= 0.3 is 0 Å². The number of morpholine rings is 1. The summed E-state index contributed by atoms with van der Waals surface area (Å²) in [4.78, 5) is 19.9. The highest BCUT2D eigenvalue weighted by Crippen LogP contribution is 2.35. The molecule has 0 radical (unpaired) electrons. The highest BCUT2D eigenvalue weighted by Gasteiger charge is 2.28. The van der Waals surface area contributed by atoms with Gasteiger partial charge < -0.3 is 20.5 Å². The van der Waals surface area contributed by atoms with Crippen LogP contribution in [0.2, 0.25) is 0 Å². The zero-order chi connectivity index (χ0) is 15.0. The number of nitrogens with two attached hydrogens (primary N) is 1. The molecule has 6 nitrogen and oxygen atoms in total. The van der Waals surface area contributed by atoms with Gasteiger partial charge in [0, 0.05) is 24.7 Å². The lowest BCUT2D eigenvalue weighted by Gasteiger charge is -2.31. The molecular weight excluding hydrogens is 290 g/mol. The number of hydrogen-bond acceptors (Lipinski definition) is 6. The number of nitrogens with zero attached hydrogens (tertiary/aromatic N) is 2. The highest BCUT2D eigenvalue weighted by atomic mass is 32.1. The molecular formula is C14H17N3O3S. The summed E-state index contributed by atoms with van der Waals surface area (Å²) in [7, 11) is 0. The Kier molecular flexibility index (Phi) is 3.79. The second-order valence-electron chi connectivity index (χ2n) is 5.08. The van der Waals surface area contributed by atoms with E-state index in [0.717, 1.165) is 15.8 Å². The van der Waals surface area contributed by atoms with Gasteiger partial charge in [0.05, 0.1) is 25.0 Å². The van der Waals surface area contributed by atoms with E-state index in [1.54, 1.807) is 11.1 Å². The number of carbonyl (C=O) groups excluding carboxylic acids is 1. The van der Waals surface area contributed by atoms with Crippen LogP contribution in [0.25, 0.3) is 10.2 Å². The van der Waals surface area contributed by atoms with Crippen LogP contribution in [-0.4, -0.2) is 53.3 Å². The summed E-state index contributed by atoms with van der Waals surface area (Å²) in [5, 5.41) is 10.0. The second kappa shape index (κ2) is 5.59. The van der Waals surface area contributed by atoms with Crippen LogP contribution in [0.3, 0.4) is 0 Å². The summed E-state index contributed by atoms with van der Waals surface area (Å²) in [5.41, 5.74) is 7.67. The van der Waals surface area contributed by atoms with E-state index >= 15 is 0 Å². The lowest BCUT2D eigenvalue weighted by atomic mass is 10.1. The van der Waals surface area contributed by atoms with E-state index in [2.05, 4.69) is 4.98 Å². The Balaban J connectivity index is 1.95. The number of amides is 1. The SMILES string of the molecule is Cc1ccnc2sc(C(=O)N3CCOC(CO)C3)c(N)c12. The number of nitrogen functional groups attached to an aromatic ring is 1. The van der Waals surface area contributed by atoms with Crippen molar-refractivity contribution in [3.05, 3.63) is 22.7 Å².